The van der Waals surface area contributed by atoms with Crippen molar-refractivity contribution in [2.45, 2.75) is 26.4 Å². The summed E-state index contributed by atoms with van der Waals surface area (Å²) in [4.78, 5) is 4.34. The molecule has 0 fully saturated rings. The minimum atomic E-state index is 0.369. The standard InChI is InChI=1S/C16H20N2/c1-13(2)16(14-8-4-3-5-9-14)18-12-15-10-6-7-11-17-15/h3-11,13,16,18H,12H2,1-2H3/t16-/m1/s1. The molecule has 1 heterocycles. The van der Waals surface area contributed by atoms with Gasteiger partial charge in [-0.2, -0.15) is 0 Å². The highest BCUT2D eigenvalue weighted by atomic mass is 14.9. The largest absolute Gasteiger partial charge is 0.304 e. The Morgan fingerprint density at radius 3 is 2.33 bits per heavy atom. The third-order valence-electron chi connectivity index (χ3n) is 3.05. The summed E-state index contributed by atoms with van der Waals surface area (Å²) >= 11 is 0. The van der Waals surface area contributed by atoms with E-state index in [1.165, 1.54) is 5.56 Å². The van der Waals surface area contributed by atoms with Crippen molar-refractivity contribution in [2.24, 2.45) is 5.92 Å². The lowest BCUT2D eigenvalue weighted by Gasteiger charge is -2.22. The molecular formula is C16H20N2. The van der Waals surface area contributed by atoms with Gasteiger partial charge in [-0.05, 0) is 23.6 Å². The minimum absolute atomic E-state index is 0.369. The maximum absolute atomic E-state index is 4.34. The first-order valence-corrected chi connectivity index (χ1v) is 6.45. The quantitative estimate of drug-likeness (QED) is 0.864. The smallest absolute Gasteiger partial charge is 0.0541 e. The lowest BCUT2D eigenvalue weighted by Crippen LogP contribution is -2.25. The maximum Gasteiger partial charge on any atom is 0.0541 e. The zero-order valence-corrected chi connectivity index (χ0v) is 11.0. The molecule has 0 bridgehead atoms. The van der Waals surface area contributed by atoms with E-state index in [2.05, 4.69) is 60.5 Å². The molecule has 0 aliphatic carbocycles. The fraction of sp³-hybridized carbons (Fsp3) is 0.312. The lowest BCUT2D eigenvalue weighted by atomic mass is 9.96. The van der Waals surface area contributed by atoms with Gasteiger partial charge in [0.15, 0.2) is 0 Å². The third kappa shape index (κ3) is 3.41. The summed E-state index contributed by atoms with van der Waals surface area (Å²) in [6.45, 7) is 5.28. The summed E-state index contributed by atoms with van der Waals surface area (Å²) in [5.74, 6) is 0.552. The Morgan fingerprint density at radius 2 is 1.72 bits per heavy atom. The van der Waals surface area contributed by atoms with Gasteiger partial charge in [-0.3, -0.25) is 4.98 Å². The van der Waals surface area contributed by atoms with Gasteiger partial charge in [0.25, 0.3) is 0 Å². The molecule has 1 N–H and O–H groups in total. The monoisotopic (exact) mass is 240 g/mol. The fourth-order valence-electron chi connectivity index (χ4n) is 2.12. The number of nitrogens with one attached hydrogen (secondary N) is 1. The van der Waals surface area contributed by atoms with E-state index in [1.807, 2.05) is 18.3 Å². The summed E-state index contributed by atoms with van der Waals surface area (Å²) in [5, 5.41) is 3.59. The second-order valence-corrected chi connectivity index (χ2v) is 4.83. The Labute approximate surface area is 109 Å². The molecule has 0 saturated carbocycles. The molecular weight excluding hydrogens is 220 g/mol. The van der Waals surface area contributed by atoms with E-state index >= 15 is 0 Å². The van der Waals surface area contributed by atoms with Crippen LogP contribution in [-0.4, -0.2) is 4.98 Å². The molecule has 94 valence electrons. The number of hydrogen-bond donors (Lipinski definition) is 1. The summed E-state index contributed by atoms with van der Waals surface area (Å²) in [6, 6.07) is 17.0. The highest BCUT2D eigenvalue weighted by Gasteiger charge is 2.14. The Bertz CT molecular complexity index is 451. The van der Waals surface area contributed by atoms with Crippen molar-refractivity contribution < 1.29 is 0 Å². The van der Waals surface area contributed by atoms with Crippen LogP contribution in [0.15, 0.2) is 54.7 Å². The molecule has 2 rings (SSSR count). The average Bonchev–Trinajstić information content (AvgIpc) is 2.41. The summed E-state index contributed by atoms with van der Waals surface area (Å²) in [5.41, 5.74) is 2.42. The van der Waals surface area contributed by atoms with Crippen LogP contribution in [0.1, 0.15) is 31.1 Å². The second kappa shape index (κ2) is 6.31. The van der Waals surface area contributed by atoms with E-state index in [1.54, 1.807) is 0 Å². The fourth-order valence-corrected chi connectivity index (χ4v) is 2.12. The number of rotatable bonds is 5. The Balaban J connectivity index is 2.04. The van der Waals surface area contributed by atoms with Gasteiger partial charge in [0.05, 0.1) is 5.69 Å². The Kier molecular flexibility index (Phi) is 4.48. The van der Waals surface area contributed by atoms with Crippen molar-refractivity contribution in [3.05, 3.63) is 66.0 Å². The first-order valence-electron chi connectivity index (χ1n) is 6.45. The molecule has 1 atom stereocenters. The highest BCUT2D eigenvalue weighted by Crippen LogP contribution is 2.21. The van der Waals surface area contributed by atoms with Gasteiger partial charge in [-0.1, -0.05) is 50.2 Å². The van der Waals surface area contributed by atoms with E-state index < -0.39 is 0 Å². The topological polar surface area (TPSA) is 24.9 Å². The molecule has 1 aromatic carbocycles. The first kappa shape index (κ1) is 12.8. The molecule has 0 amide bonds. The molecule has 1 aromatic heterocycles. The molecule has 2 heteroatoms. The third-order valence-corrected chi connectivity index (χ3v) is 3.05. The number of aromatic nitrogens is 1. The van der Waals surface area contributed by atoms with Crippen LogP contribution in [0.3, 0.4) is 0 Å². The van der Waals surface area contributed by atoms with Crippen molar-refractivity contribution in [1.29, 1.82) is 0 Å². The first-order chi connectivity index (χ1) is 8.77. The number of nitrogens with zero attached hydrogens (tertiary/aromatic N) is 1. The van der Waals surface area contributed by atoms with E-state index in [0.29, 0.717) is 12.0 Å². The van der Waals surface area contributed by atoms with Crippen LogP contribution in [0.4, 0.5) is 0 Å². The maximum atomic E-state index is 4.34. The summed E-state index contributed by atoms with van der Waals surface area (Å²) in [7, 11) is 0. The molecule has 0 radical (unpaired) electrons. The minimum Gasteiger partial charge on any atom is -0.304 e. The molecule has 0 unspecified atom stereocenters. The number of pyridine rings is 1. The normalized spacial score (nSPS) is 12.6. The second-order valence-electron chi connectivity index (χ2n) is 4.83. The molecule has 18 heavy (non-hydrogen) atoms. The van der Waals surface area contributed by atoms with Crippen LogP contribution in [0.5, 0.6) is 0 Å². The SMILES string of the molecule is CC(C)[C@@H](NCc1ccccn1)c1ccccc1. The van der Waals surface area contributed by atoms with Crippen LogP contribution in [-0.2, 0) is 6.54 Å². The zero-order valence-electron chi connectivity index (χ0n) is 11.0. The van der Waals surface area contributed by atoms with Gasteiger partial charge in [-0.15, -0.1) is 0 Å². The van der Waals surface area contributed by atoms with Gasteiger partial charge >= 0.3 is 0 Å². The van der Waals surface area contributed by atoms with Crippen LogP contribution in [0, 0.1) is 5.92 Å². The molecule has 0 saturated heterocycles. The molecule has 0 aliphatic rings. The van der Waals surface area contributed by atoms with Crippen LogP contribution in [0.25, 0.3) is 0 Å². The Hall–Kier alpha value is -1.67. The molecule has 0 spiro atoms. The van der Waals surface area contributed by atoms with Crippen molar-refractivity contribution in [2.75, 3.05) is 0 Å². The zero-order chi connectivity index (χ0) is 12.8. The van der Waals surface area contributed by atoms with E-state index in [9.17, 15) is 0 Å². The van der Waals surface area contributed by atoms with Gasteiger partial charge in [0, 0.05) is 18.8 Å². The van der Waals surface area contributed by atoms with Crippen molar-refractivity contribution in [1.82, 2.24) is 10.3 Å². The van der Waals surface area contributed by atoms with Gasteiger partial charge in [0.1, 0.15) is 0 Å². The van der Waals surface area contributed by atoms with Crippen molar-refractivity contribution in [3.63, 3.8) is 0 Å². The lowest BCUT2D eigenvalue weighted by molar-refractivity contribution is 0.408. The summed E-state index contributed by atoms with van der Waals surface area (Å²) < 4.78 is 0. The predicted molar refractivity (Wildman–Crippen MR) is 75.1 cm³/mol. The van der Waals surface area contributed by atoms with E-state index in [4.69, 9.17) is 0 Å². The van der Waals surface area contributed by atoms with Gasteiger partial charge in [0.2, 0.25) is 0 Å². The molecule has 2 nitrogen and oxygen atoms in total. The van der Waals surface area contributed by atoms with Crippen LogP contribution in [0.2, 0.25) is 0 Å². The number of benzene rings is 1. The van der Waals surface area contributed by atoms with Gasteiger partial charge in [-0.25, -0.2) is 0 Å². The van der Waals surface area contributed by atoms with Crippen LogP contribution < -0.4 is 5.32 Å². The van der Waals surface area contributed by atoms with Crippen molar-refractivity contribution in [3.8, 4) is 0 Å². The van der Waals surface area contributed by atoms with Crippen LogP contribution >= 0.6 is 0 Å². The molecule has 0 aliphatic heterocycles. The Morgan fingerprint density at radius 1 is 1.00 bits per heavy atom. The number of hydrogen-bond acceptors (Lipinski definition) is 2. The van der Waals surface area contributed by atoms with Gasteiger partial charge < -0.3 is 5.32 Å². The van der Waals surface area contributed by atoms with Crippen molar-refractivity contribution >= 4 is 0 Å². The van der Waals surface area contributed by atoms with E-state index in [0.717, 1.165) is 12.2 Å². The average molecular weight is 240 g/mol. The molecule has 2 aromatic rings. The predicted octanol–water partition coefficient (Wildman–Crippen LogP) is 3.57. The summed E-state index contributed by atoms with van der Waals surface area (Å²) in [6.07, 6.45) is 1.84. The van der Waals surface area contributed by atoms with E-state index in [-0.39, 0.29) is 0 Å². The highest BCUT2D eigenvalue weighted by molar-refractivity contribution is 5.19.